The van der Waals surface area contributed by atoms with Gasteiger partial charge in [-0.2, -0.15) is 10.5 Å². The van der Waals surface area contributed by atoms with Gasteiger partial charge in [0.25, 0.3) is 0 Å². The molecular formula is C39H48N4O. The molecule has 0 fully saturated rings. The summed E-state index contributed by atoms with van der Waals surface area (Å²) in [7, 11) is 0. The molecule has 0 aromatic heterocycles. The third-order valence-corrected chi connectivity index (χ3v) is 8.16. The molecule has 1 heterocycles. The minimum absolute atomic E-state index is 0.0714. The second-order valence-corrected chi connectivity index (χ2v) is 13.1. The number of nitriles is 2. The summed E-state index contributed by atoms with van der Waals surface area (Å²) in [6, 6.07) is 12.7. The van der Waals surface area contributed by atoms with Crippen molar-refractivity contribution in [3.63, 3.8) is 0 Å². The topological polar surface area (TPSA) is 64.4 Å². The minimum Gasteiger partial charge on any atom is -0.493 e. The Hall–Kier alpha value is -4.27. The molecule has 1 aliphatic heterocycles. The minimum atomic E-state index is -0.809. The average Bonchev–Trinajstić information content (AvgIpc) is 3.24. The molecule has 0 N–H and O–H groups in total. The largest absolute Gasteiger partial charge is 0.493 e. The third-order valence-electron chi connectivity index (χ3n) is 8.16. The van der Waals surface area contributed by atoms with Crippen LogP contribution in [-0.2, 0) is 4.74 Å². The van der Waals surface area contributed by atoms with Crippen molar-refractivity contribution in [2.24, 2.45) is 5.41 Å². The Morgan fingerprint density at radius 3 is 2.14 bits per heavy atom. The molecule has 1 aromatic carbocycles. The van der Waals surface area contributed by atoms with Crippen LogP contribution in [0.1, 0.15) is 98.5 Å². The lowest BCUT2D eigenvalue weighted by molar-refractivity contribution is 0.0953. The van der Waals surface area contributed by atoms with E-state index < -0.39 is 5.60 Å². The maximum atomic E-state index is 9.32. The van der Waals surface area contributed by atoms with E-state index >= 15 is 0 Å². The maximum Gasteiger partial charge on any atom is 0.237 e. The van der Waals surface area contributed by atoms with E-state index in [0.29, 0.717) is 5.57 Å². The highest BCUT2D eigenvalue weighted by atomic mass is 16.5. The third kappa shape index (κ3) is 9.36. The van der Waals surface area contributed by atoms with Gasteiger partial charge in [-0.3, -0.25) is 0 Å². The fourth-order valence-corrected chi connectivity index (χ4v) is 5.92. The van der Waals surface area contributed by atoms with Crippen molar-refractivity contribution in [2.45, 2.75) is 98.5 Å². The van der Waals surface area contributed by atoms with E-state index in [9.17, 15) is 10.5 Å². The lowest BCUT2D eigenvalue weighted by Crippen LogP contribution is -2.25. The van der Waals surface area contributed by atoms with E-state index in [4.69, 9.17) is 11.3 Å². The molecule has 0 atom stereocenters. The van der Waals surface area contributed by atoms with Gasteiger partial charge < -0.3 is 9.64 Å². The van der Waals surface area contributed by atoms with E-state index in [0.717, 1.165) is 25.9 Å². The zero-order chi connectivity index (χ0) is 32.2. The summed E-state index contributed by atoms with van der Waals surface area (Å²) in [6.07, 6.45) is 22.1. The van der Waals surface area contributed by atoms with Gasteiger partial charge in [0.2, 0.25) is 5.70 Å². The number of ether oxygens (including phenoxy) is 1. The maximum absolute atomic E-state index is 9.32. The van der Waals surface area contributed by atoms with Gasteiger partial charge >= 0.3 is 0 Å². The Morgan fingerprint density at radius 1 is 0.932 bits per heavy atom. The summed E-state index contributed by atoms with van der Waals surface area (Å²) >= 11 is 0. The van der Waals surface area contributed by atoms with E-state index in [2.05, 4.69) is 86.0 Å². The number of anilines is 1. The molecule has 2 aliphatic rings. The molecule has 0 unspecified atom stereocenters. The molecule has 1 aromatic rings. The van der Waals surface area contributed by atoms with Crippen LogP contribution in [0.2, 0.25) is 0 Å². The van der Waals surface area contributed by atoms with Crippen LogP contribution in [0.15, 0.2) is 88.4 Å². The monoisotopic (exact) mass is 588 g/mol. The first kappa shape index (κ1) is 34.2. The van der Waals surface area contributed by atoms with Gasteiger partial charge in [0, 0.05) is 24.4 Å². The van der Waals surface area contributed by atoms with Crippen molar-refractivity contribution >= 4 is 11.8 Å². The molecule has 5 heteroatoms. The van der Waals surface area contributed by atoms with Gasteiger partial charge in [-0.1, -0.05) is 102 Å². The van der Waals surface area contributed by atoms with Crippen LogP contribution in [0, 0.1) is 34.6 Å². The second kappa shape index (κ2) is 16.0. The second-order valence-electron chi connectivity index (χ2n) is 13.1. The van der Waals surface area contributed by atoms with Gasteiger partial charge in [0.1, 0.15) is 17.7 Å². The molecule has 1 aliphatic carbocycles. The van der Waals surface area contributed by atoms with Crippen LogP contribution in [0.5, 0.6) is 0 Å². The quantitative estimate of drug-likeness (QED) is 0.131. The first-order chi connectivity index (χ1) is 21.1. The fraction of sp³-hybridized carbons (Fsp3) is 0.462. The predicted molar refractivity (Wildman–Crippen MR) is 182 cm³/mol. The first-order valence-electron chi connectivity index (χ1n) is 16.0. The first-order valence-corrected chi connectivity index (χ1v) is 16.0. The molecule has 3 rings (SSSR count). The van der Waals surface area contributed by atoms with E-state index in [-0.39, 0.29) is 22.4 Å². The summed E-state index contributed by atoms with van der Waals surface area (Å²) in [4.78, 5) is 6.16. The average molecular weight is 589 g/mol. The highest BCUT2D eigenvalue weighted by molar-refractivity contribution is 5.59. The molecule has 0 amide bonds. The standard InChI is InChI=1S/C39H48N4O/c1-8-10-12-23-43(24-13-11-9-2)34-21-19-30(20-22-34)17-18-32-25-31(26-38(3,4)27-32)15-14-16-35-36(42-7)37(33(28-40)29-41)44-39(35,5)6/h14-22,25H,8-13,23-24,26-27H2,1-6H3. The van der Waals surface area contributed by atoms with E-state index in [1.165, 1.54) is 60.9 Å². The Kier molecular flexibility index (Phi) is 12.4. The number of rotatable bonds is 13. The van der Waals surface area contributed by atoms with Crippen LogP contribution in [0.25, 0.3) is 10.9 Å². The fourth-order valence-electron chi connectivity index (χ4n) is 5.92. The Bertz CT molecular complexity index is 1450. The lowest BCUT2D eigenvalue weighted by atomic mass is 9.75. The van der Waals surface area contributed by atoms with E-state index in [1.807, 2.05) is 38.1 Å². The van der Waals surface area contributed by atoms with Crippen LogP contribution in [0.4, 0.5) is 5.69 Å². The van der Waals surface area contributed by atoms with Crippen LogP contribution in [0.3, 0.4) is 0 Å². The van der Waals surface area contributed by atoms with Crippen molar-refractivity contribution < 1.29 is 4.74 Å². The number of unbranched alkanes of at least 4 members (excludes halogenated alkanes) is 4. The molecule has 5 nitrogen and oxygen atoms in total. The Morgan fingerprint density at radius 2 is 1.57 bits per heavy atom. The molecule has 44 heavy (non-hydrogen) atoms. The Balaban J connectivity index is 1.80. The highest BCUT2D eigenvalue weighted by Gasteiger charge is 2.38. The van der Waals surface area contributed by atoms with Gasteiger partial charge in [0.15, 0.2) is 11.3 Å². The number of benzene rings is 1. The highest BCUT2D eigenvalue weighted by Crippen LogP contribution is 2.42. The molecule has 0 spiro atoms. The van der Waals surface area contributed by atoms with Gasteiger partial charge in [-0.05, 0) is 73.8 Å². The molecule has 0 saturated carbocycles. The molecule has 0 bridgehead atoms. The lowest BCUT2D eigenvalue weighted by Gasteiger charge is -2.30. The zero-order valence-electron chi connectivity index (χ0n) is 27.5. The number of nitrogens with zero attached hydrogens (tertiary/aromatic N) is 4. The summed E-state index contributed by atoms with van der Waals surface area (Å²) in [5, 5.41) is 18.6. The summed E-state index contributed by atoms with van der Waals surface area (Å²) in [5.41, 5.74) is 5.05. The smallest absolute Gasteiger partial charge is 0.237 e. The van der Waals surface area contributed by atoms with E-state index in [1.54, 1.807) is 0 Å². The number of hydrogen-bond donors (Lipinski definition) is 0. The van der Waals surface area contributed by atoms with Crippen molar-refractivity contribution in [1.29, 1.82) is 10.5 Å². The van der Waals surface area contributed by atoms with Crippen molar-refractivity contribution in [3.05, 3.63) is 105 Å². The summed E-state index contributed by atoms with van der Waals surface area (Å²) < 4.78 is 5.89. The van der Waals surface area contributed by atoms with Crippen molar-refractivity contribution in [1.82, 2.24) is 0 Å². The summed E-state index contributed by atoms with van der Waals surface area (Å²) in [5.74, 6) is 0.0714. The van der Waals surface area contributed by atoms with Crippen molar-refractivity contribution in [3.8, 4) is 12.1 Å². The van der Waals surface area contributed by atoms with Gasteiger partial charge in [0.05, 0.1) is 6.57 Å². The number of hydrogen-bond acceptors (Lipinski definition) is 4. The Labute approximate surface area is 266 Å². The van der Waals surface area contributed by atoms with Gasteiger partial charge in [-0.15, -0.1) is 0 Å². The SMILES string of the molecule is [C-]#[N+]C1=C(C=CC=C2C=C(C=Cc3ccc(N(CCCCC)CCCCC)cc3)CC(C)(C)C2)C(C)(C)OC1=C(C#N)C#N. The van der Waals surface area contributed by atoms with Crippen LogP contribution in [-0.4, -0.2) is 18.7 Å². The van der Waals surface area contributed by atoms with Crippen LogP contribution >= 0.6 is 0 Å². The zero-order valence-corrected chi connectivity index (χ0v) is 27.5. The molecule has 0 radical (unpaired) electrons. The molecule has 0 saturated heterocycles. The normalized spacial score (nSPS) is 18.2. The predicted octanol–water partition coefficient (Wildman–Crippen LogP) is 10.4. The number of allylic oxidation sites excluding steroid dienone is 7. The summed E-state index contributed by atoms with van der Waals surface area (Å²) in [6.45, 7) is 22.7. The molecular weight excluding hydrogens is 540 g/mol. The molecule has 230 valence electrons. The van der Waals surface area contributed by atoms with Crippen molar-refractivity contribution in [2.75, 3.05) is 18.0 Å². The van der Waals surface area contributed by atoms with Gasteiger partial charge in [-0.25, -0.2) is 4.85 Å². The van der Waals surface area contributed by atoms with Crippen LogP contribution < -0.4 is 4.90 Å².